The fraction of sp³-hybridized carbons (Fsp3) is 0.529. The molecule has 0 amide bonds. The van der Waals surface area contributed by atoms with Crippen molar-refractivity contribution in [1.82, 2.24) is 15.2 Å². The predicted molar refractivity (Wildman–Crippen MR) is 84.9 cm³/mol. The first-order chi connectivity index (χ1) is 9.79. The fourth-order valence-corrected chi connectivity index (χ4v) is 3.34. The second kappa shape index (κ2) is 5.98. The minimum atomic E-state index is 0.543. The number of fused-ring (bicyclic) bond motifs is 1. The Hall–Kier alpha value is -1.32. The van der Waals surface area contributed by atoms with Crippen LogP contribution < -0.4 is 5.32 Å². The van der Waals surface area contributed by atoms with Gasteiger partial charge in [-0.2, -0.15) is 0 Å². The number of aromatic nitrogens is 1. The van der Waals surface area contributed by atoms with Crippen LogP contribution in [0.2, 0.25) is 0 Å². The van der Waals surface area contributed by atoms with E-state index < -0.39 is 0 Å². The molecule has 0 radical (unpaired) electrons. The van der Waals surface area contributed by atoms with Gasteiger partial charge in [-0.05, 0) is 35.1 Å². The maximum Gasteiger partial charge on any atom is 0.0454 e. The van der Waals surface area contributed by atoms with Crippen molar-refractivity contribution in [2.75, 3.05) is 26.2 Å². The van der Waals surface area contributed by atoms with E-state index in [1.54, 1.807) is 0 Å². The Morgan fingerprint density at radius 2 is 2.00 bits per heavy atom. The second-order valence-electron chi connectivity index (χ2n) is 5.94. The van der Waals surface area contributed by atoms with Crippen molar-refractivity contribution in [1.29, 1.82) is 0 Å². The Bertz CT molecular complexity index is 554. The lowest BCUT2D eigenvalue weighted by molar-refractivity contribution is 0.128. The molecule has 2 N–H and O–H groups in total. The molecule has 3 nitrogen and oxygen atoms in total. The van der Waals surface area contributed by atoms with Gasteiger partial charge in [0.2, 0.25) is 0 Å². The number of aromatic amines is 1. The largest absolute Gasteiger partial charge is 0.361 e. The quantitative estimate of drug-likeness (QED) is 0.895. The number of rotatable bonds is 4. The lowest BCUT2D eigenvalue weighted by Gasteiger charge is -2.38. The van der Waals surface area contributed by atoms with Crippen molar-refractivity contribution in [2.24, 2.45) is 5.92 Å². The molecule has 1 aliphatic heterocycles. The molecule has 0 bridgehead atoms. The van der Waals surface area contributed by atoms with Crippen LogP contribution in [0.1, 0.15) is 31.9 Å². The van der Waals surface area contributed by atoms with Gasteiger partial charge in [-0.1, -0.05) is 26.3 Å². The molecule has 0 saturated carbocycles. The Balaban J connectivity index is 1.94. The molecule has 0 aliphatic carbocycles. The summed E-state index contributed by atoms with van der Waals surface area (Å²) in [6.07, 6.45) is 3.25. The maximum absolute atomic E-state index is 3.46. The number of hydrogen-bond acceptors (Lipinski definition) is 2. The van der Waals surface area contributed by atoms with Gasteiger partial charge in [0.25, 0.3) is 0 Å². The molecule has 1 saturated heterocycles. The first kappa shape index (κ1) is 13.7. The van der Waals surface area contributed by atoms with E-state index in [0.29, 0.717) is 12.0 Å². The van der Waals surface area contributed by atoms with Gasteiger partial charge >= 0.3 is 0 Å². The van der Waals surface area contributed by atoms with Crippen LogP contribution in [0, 0.1) is 5.92 Å². The topological polar surface area (TPSA) is 31.1 Å². The van der Waals surface area contributed by atoms with E-state index in [2.05, 4.69) is 53.3 Å². The summed E-state index contributed by atoms with van der Waals surface area (Å²) in [5.41, 5.74) is 2.70. The van der Waals surface area contributed by atoms with E-state index in [9.17, 15) is 0 Å². The smallest absolute Gasteiger partial charge is 0.0454 e. The number of hydrogen-bond donors (Lipinski definition) is 2. The highest BCUT2D eigenvalue weighted by atomic mass is 15.2. The molecule has 2 aromatic rings. The van der Waals surface area contributed by atoms with E-state index in [4.69, 9.17) is 0 Å². The molecular formula is C17H25N3. The van der Waals surface area contributed by atoms with E-state index in [1.165, 1.54) is 22.9 Å². The summed E-state index contributed by atoms with van der Waals surface area (Å²) in [5, 5.41) is 4.78. The third-order valence-electron chi connectivity index (χ3n) is 4.65. The van der Waals surface area contributed by atoms with Gasteiger partial charge in [0, 0.05) is 43.9 Å². The van der Waals surface area contributed by atoms with E-state index >= 15 is 0 Å². The van der Waals surface area contributed by atoms with Crippen LogP contribution in [0.5, 0.6) is 0 Å². The molecule has 3 heteroatoms. The highest BCUT2D eigenvalue weighted by Gasteiger charge is 2.26. The summed E-state index contributed by atoms with van der Waals surface area (Å²) >= 11 is 0. The van der Waals surface area contributed by atoms with Gasteiger partial charge in [-0.25, -0.2) is 0 Å². The first-order valence-corrected chi connectivity index (χ1v) is 7.81. The average molecular weight is 271 g/mol. The average Bonchev–Trinajstić information content (AvgIpc) is 2.96. The van der Waals surface area contributed by atoms with Crippen LogP contribution in [0.3, 0.4) is 0 Å². The number of H-pyrrole nitrogens is 1. The zero-order valence-electron chi connectivity index (χ0n) is 12.5. The number of nitrogens with zero attached hydrogens (tertiary/aromatic N) is 1. The molecule has 108 valence electrons. The summed E-state index contributed by atoms with van der Waals surface area (Å²) in [7, 11) is 0. The third kappa shape index (κ3) is 2.60. The Labute approximate surface area is 121 Å². The lowest BCUT2D eigenvalue weighted by Crippen LogP contribution is -2.46. The zero-order valence-corrected chi connectivity index (χ0v) is 12.5. The summed E-state index contributed by atoms with van der Waals surface area (Å²) in [6.45, 7) is 9.21. The van der Waals surface area contributed by atoms with Crippen molar-refractivity contribution in [3.63, 3.8) is 0 Å². The standard InChI is InChI=1S/C17H25N3/c1-3-13(2)17(20-10-8-18-9-11-20)15-4-5-16-14(12-15)6-7-19-16/h4-7,12-13,17-19H,3,8-11H2,1-2H3/t13?,17-/m1/s1. The van der Waals surface area contributed by atoms with Gasteiger partial charge < -0.3 is 10.3 Å². The van der Waals surface area contributed by atoms with Crippen LogP contribution in [0.4, 0.5) is 0 Å². The molecule has 1 fully saturated rings. The van der Waals surface area contributed by atoms with Crippen LogP contribution in [0.15, 0.2) is 30.5 Å². The van der Waals surface area contributed by atoms with E-state index in [-0.39, 0.29) is 0 Å². The molecule has 0 spiro atoms. The molecule has 1 aromatic carbocycles. The summed E-state index contributed by atoms with van der Waals surface area (Å²) in [4.78, 5) is 5.94. The molecule has 20 heavy (non-hydrogen) atoms. The normalized spacial score (nSPS) is 20.1. The number of piperazine rings is 1. The molecular weight excluding hydrogens is 246 g/mol. The van der Waals surface area contributed by atoms with Crippen LogP contribution in [0.25, 0.3) is 10.9 Å². The molecule has 1 aliphatic rings. The minimum Gasteiger partial charge on any atom is -0.361 e. The zero-order chi connectivity index (χ0) is 13.9. The predicted octanol–water partition coefficient (Wildman–Crippen LogP) is 3.16. The van der Waals surface area contributed by atoms with Crippen LogP contribution >= 0.6 is 0 Å². The third-order valence-corrected chi connectivity index (χ3v) is 4.65. The van der Waals surface area contributed by atoms with Gasteiger partial charge in [-0.15, -0.1) is 0 Å². The monoisotopic (exact) mass is 271 g/mol. The summed E-state index contributed by atoms with van der Waals surface area (Å²) in [5.74, 6) is 0.685. The molecule has 2 atom stereocenters. The van der Waals surface area contributed by atoms with Gasteiger partial charge in [-0.3, -0.25) is 4.90 Å². The van der Waals surface area contributed by atoms with Crippen molar-refractivity contribution in [2.45, 2.75) is 26.3 Å². The maximum atomic E-state index is 3.46. The molecule has 1 aromatic heterocycles. The SMILES string of the molecule is CCC(C)[C@H](c1ccc2[nH]ccc2c1)N1CCNCC1. The molecule has 3 rings (SSSR count). The summed E-state index contributed by atoms with van der Waals surface area (Å²) < 4.78 is 0. The van der Waals surface area contributed by atoms with Gasteiger partial charge in [0.05, 0.1) is 0 Å². The Kier molecular flexibility index (Phi) is 4.08. The summed E-state index contributed by atoms with van der Waals surface area (Å²) in [6, 6.07) is 9.61. The van der Waals surface area contributed by atoms with Crippen molar-refractivity contribution >= 4 is 10.9 Å². The highest BCUT2D eigenvalue weighted by Crippen LogP contribution is 2.32. The fourth-order valence-electron chi connectivity index (χ4n) is 3.34. The van der Waals surface area contributed by atoms with Gasteiger partial charge in [0.15, 0.2) is 0 Å². The van der Waals surface area contributed by atoms with Crippen LogP contribution in [-0.4, -0.2) is 36.1 Å². The molecule has 1 unspecified atom stereocenters. The van der Waals surface area contributed by atoms with E-state index in [0.717, 1.165) is 26.2 Å². The van der Waals surface area contributed by atoms with Gasteiger partial charge in [0.1, 0.15) is 0 Å². The van der Waals surface area contributed by atoms with E-state index in [1.807, 2.05) is 6.20 Å². The van der Waals surface area contributed by atoms with Crippen molar-refractivity contribution in [3.05, 3.63) is 36.0 Å². The number of nitrogens with one attached hydrogen (secondary N) is 2. The first-order valence-electron chi connectivity index (χ1n) is 7.81. The minimum absolute atomic E-state index is 0.543. The highest BCUT2D eigenvalue weighted by molar-refractivity contribution is 5.80. The Morgan fingerprint density at radius 1 is 1.20 bits per heavy atom. The van der Waals surface area contributed by atoms with Crippen LogP contribution in [-0.2, 0) is 0 Å². The van der Waals surface area contributed by atoms with Crippen molar-refractivity contribution < 1.29 is 0 Å². The second-order valence-corrected chi connectivity index (χ2v) is 5.94. The molecule has 2 heterocycles. The van der Waals surface area contributed by atoms with Crippen molar-refractivity contribution in [3.8, 4) is 0 Å². The number of benzene rings is 1. The lowest BCUT2D eigenvalue weighted by atomic mass is 9.90. The Morgan fingerprint density at radius 3 is 2.75 bits per heavy atom.